The van der Waals surface area contributed by atoms with Crippen LogP contribution in [0.2, 0.25) is 0 Å². The summed E-state index contributed by atoms with van der Waals surface area (Å²) in [5, 5.41) is 3.24. The second kappa shape index (κ2) is 11.1. The lowest BCUT2D eigenvalue weighted by molar-refractivity contribution is -0.646. The van der Waals surface area contributed by atoms with Crippen molar-refractivity contribution in [1.29, 1.82) is 0 Å². The Morgan fingerprint density at radius 1 is 1.38 bits per heavy atom. The van der Waals surface area contributed by atoms with Gasteiger partial charge >= 0.3 is 0 Å². The maximum absolute atomic E-state index is 5.39. The number of alkyl halides is 2. The molecule has 0 rings (SSSR count). The molecule has 52 valence electrons. The van der Waals surface area contributed by atoms with Crippen molar-refractivity contribution in [2.75, 3.05) is 24.3 Å². The quantitative estimate of drug-likeness (QED) is 0.418. The molecule has 2 N–H and O–H groups in total. The van der Waals surface area contributed by atoms with E-state index in [-0.39, 0.29) is 17.0 Å². The van der Waals surface area contributed by atoms with Crippen LogP contribution in [-0.4, -0.2) is 24.3 Å². The van der Waals surface area contributed by atoms with E-state index in [9.17, 15) is 0 Å². The molecule has 0 fully saturated rings. The zero-order chi connectivity index (χ0) is 5.54. The molecule has 0 heterocycles. The van der Waals surface area contributed by atoms with E-state index >= 15 is 0 Å². The van der Waals surface area contributed by atoms with Gasteiger partial charge in [-0.15, -0.1) is 11.6 Å². The molecular formula is C4H10Br2ClN. The minimum Gasteiger partial charge on any atom is -1.00 e. The first-order valence-corrected chi connectivity index (χ1v) is 4.01. The fourth-order valence-electron chi connectivity index (χ4n) is 0.299. The van der Waals surface area contributed by atoms with E-state index in [1.54, 1.807) is 0 Å². The lowest BCUT2D eigenvalue weighted by Gasteiger charge is -1.90. The third-order valence-electron chi connectivity index (χ3n) is 0.626. The van der Waals surface area contributed by atoms with Gasteiger partial charge in [0.15, 0.2) is 0 Å². The van der Waals surface area contributed by atoms with E-state index in [0.29, 0.717) is 0 Å². The molecule has 0 radical (unpaired) electrons. The van der Waals surface area contributed by atoms with Crippen molar-refractivity contribution in [1.82, 2.24) is 0 Å². The molecule has 0 aromatic rings. The Bertz CT molecular complexity index is 33.2. The molecule has 1 nitrogen and oxygen atoms in total. The van der Waals surface area contributed by atoms with Crippen LogP contribution in [0, 0.1) is 0 Å². The van der Waals surface area contributed by atoms with Gasteiger partial charge in [-0.2, -0.15) is 0 Å². The van der Waals surface area contributed by atoms with Crippen molar-refractivity contribution >= 4 is 27.5 Å². The van der Waals surface area contributed by atoms with Crippen LogP contribution in [0.5, 0.6) is 0 Å². The van der Waals surface area contributed by atoms with Crippen LogP contribution in [0.1, 0.15) is 0 Å². The number of halogens is 3. The molecule has 0 aliphatic rings. The van der Waals surface area contributed by atoms with E-state index in [4.69, 9.17) is 11.6 Å². The highest BCUT2D eigenvalue weighted by atomic mass is 79.9. The molecule has 0 saturated heterocycles. The van der Waals surface area contributed by atoms with Crippen molar-refractivity contribution in [2.45, 2.75) is 0 Å². The van der Waals surface area contributed by atoms with E-state index < -0.39 is 0 Å². The molecule has 0 aromatic heterocycles. The summed E-state index contributed by atoms with van der Waals surface area (Å²) < 4.78 is 0. The minimum atomic E-state index is 0. The Balaban J connectivity index is 0. The van der Waals surface area contributed by atoms with Crippen LogP contribution in [-0.2, 0) is 0 Å². The lowest BCUT2D eigenvalue weighted by Crippen LogP contribution is -3.00. The first-order chi connectivity index (χ1) is 3.41. The number of nitrogens with two attached hydrogens (primary N) is 1. The van der Waals surface area contributed by atoms with Gasteiger partial charge in [0.05, 0.1) is 24.3 Å². The van der Waals surface area contributed by atoms with Crippen molar-refractivity contribution in [3.05, 3.63) is 0 Å². The normalized spacial score (nSPS) is 8.25. The second-order valence-corrected chi connectivity index (χ2v) is 2.41. The van der Waals surface area contributed by atoms with Crippen LogP contribution in [0.4, 0.5) is 0 Å². The molecule has 0 aliphatic heterocycles. The van der Waals surface area contributed by atoms with Crippen molar-refractivity contribution in [2.24, 2.45) is 0 Å². The first-order valence-electron chi connectivity index (χ1n) is 2.35. The van der Waals surface area contributed by atoms with Crippen molar-refractivity contribution in [3.8, 4) is 0 Å². The molecule has 8 heavy (non-hydrogen) atoms. The lowest BCUT2D eigenvalue weighted by atomic mass is 10.7. The molecule has 4 heteroatoms. The smallest absolute Gasteiger partial charge is 0.0893 e. The Morgan fingerprint density at radius 3 is 2.38 bits per heavy atom. The summed E-state index contributed by atoms with van der Waals surface area (Å²) in [4.78, 5) is 0. The molecule has 0 aliphatic carbocycles. The molecule has 0 amide bonds. The Kier molecular flexibility index (Phi) is 16.5. The summed E-state index contributed by atoms with van der Waals surface area (Å²) in [5.74, 6) is 0.757. The van der Waals surface area contributed by atoms with Gasteiger partial charge in [0.1, 0.15) is 0 Å². The molecule has 0 bridgehead atoms. The monoisotopic (exact) mass is 265 g/mol. The van der Waals surface area contributed by atoms with Crippen LogP contribution in [0.15, 0.2) is 0 Å². The highest BCUT2D eigenvalue weighted by molar-refractivity contribution is 9.09. The van der Waals surface area contributed by atoms with Gasteiger partial charge in [-0.25, -0.2) is 0 Å². The SMILES string of the molecule is ClCC[NH2+]CCBr.[Br-]. The van der Waals surface area contributed by atoms with Crippen LogP contribution in [0.3, 0.4) is 0 Å². The zero-order valence-electron chi connectivity index (χ0n) is 4.54. The van der Waals surface area contributed by atoms with Gasteiger partial charge in [-0.05, 0) is 0 Å². The van der Waals surface area contributed by atoms with E-state index in [2.05, 4.69) is 21.2 Å². The Hall–Kier alpha value is 1.21. The topological polar surface area (TPSA) is 16.6 Å². The number of hydrogen-bond acceptors (Lipinski definition) is 0. The molecule has 0 spiro atoms. The Labute approximate surface area is 74.1 Å². The van der Waals surface area contributed by atoms with E-state index in [1.807, 2.05) is 0 Å². The van der Waals surface area contributed by atoms with Gasteiger partial charge in [-0.3, -0.25) is 0 Å². The van der Waals surface area contributed by atoms with Crippen molar-refractivity contribution < 1.29 is 22.3 Å². The summed E-state index contributed by atoms with van der Waals surface area (Å²) in [6.45, 7) is 2.17. The third kappa shape index (κ3) is 10.2. The van der Waals surface area contributed by atoms with Gasteiger partial charge in [0, 0.05) is 0 Å². The highest BCUT2D eigenvalue weighted by Crippen LogP contribution is 1.69. The number of hydrogen-bond donors (Lipinski definition) is 1. The summed E-state index contributed by atoms with van der Waals surface area (Å²) in [7, 11) is 0. The van der Waals surface area contributed by atoms with E-state index in [1.165, 1.54) is 0 Å². The van der Waals surface area contributed by atoms with Gasteiger partial charge in [0.2, 0.25) is 0 Å². The van der Waals surface area contributed by atoms with Gasteiger partial charge < -0.3 is 22.3 Å². The highest BCUT2D eigenvalue weighted by Gasteiger charge is 1.82. The molecule has 0 atom stereocenters. The maximum atomic E-state index is 5.39. The largest absolute Gasteiger partial charge is 1.00 e. The maximum Gasteiger partial charge on any atom is 0.0893 e. The van der Waals surface area contributed by atoms with Gasteiger partial charge in [-0.1, -0.05) is 15.9 Å². The fraction of sp³-hybridized carbons (Fsp3) is 1.00. The zero-order valence-corrected chi connectivity index (χ0v) is 8.47. The average molecular weight is 267 g/mol. The molecule has 0 saturated carbocycles. The first kappa shape index (κ1) is 11.9. The Morgan fingerprint density at radius 2 is 2.00 bits per heavy atom. The fourth-order valence-corrected chi connectivity index (χ4v) is 0.777. The molecule has 0 aromatic carbocycles. The summed E-state index contributed by atoms with van der Waals surface area (Å²) in [5.41, 5.74) is 0. The molecular weight excluding hydrogens is 257 g/mol. The standard InChI is InChI=1S/C4H9BrClN.BrH/c5-1-3-7-4-2-6;/h7H,1-4H2;1H. The van der Waals surface area contributed by atoms with E-state index in [0.717, 1.165) is 24.3 Å². The molecule has 0 unspecified atom stereocenters. The average Bonchev–Trinajstić information content (AvgIpc) is 1.69. The predicted octanol–water partition coefficient (Wildman–Crippen LogP) is -2.81. The summed E-state index contributed by atoms with van der Waals surface area (Å²) in [6.07, 6.45) is 0. The number of quaternary nitrogens is 1. The summed E-state index contributed by atoms with van der Waals surface area (Å²) >= 11 is 8.70. The van der Waals surface area contributed by atoms with Crippen LogP contribution in [0.25, 0.3) is 0 Å². The minimum absolute atomic E-state index is 0. The number of rotatable bonds is 4. The second-order valence-electron chi connectivity index (χ2n) is 1.24. The summed E-state index contributed by atoms with van der Waals surface area (Å²) in [6, 6.07) is 0. The predicted molar refractivity (Wildman–Crippen MR) is 36.2 cm³/mol. The third-order valence-corrected chi connectivity index (χ3v) is 1.30. The van der Waals surface area contributed by atoms with Crippen LogP contribution < -0.4 is 22.3 Å². The van der Waals surface area contributed by atoms with Crippen molar-refractivity contribution in [3.63, 3.8) is 0 Å². The van der Waals surface area contributed by atoms with Crippen LogP contribution >= 0.6 is 27.5 Å². The van der Waals surface area contributed by atoms with Gasteiger partial charge in [0.25, 0.3) is 0 Å².